The van der Waals surface area contributed by atoms with Crippen LogP contribution in [0.2, 0.25) is 0 Å². The van der Waals surface area contributed by atoms with Gasteiger partial charge in [-0.3, -0.25) is 0 Å². The second kappa shape index (κ2) is 2.24. The third kappa shape index (κ3) is 1.41. The summed E-state index contributed by atoms with van der Waals surface area (Å²) < 4.78 is 23.7. The van der Waals surface area contributed by atoms with Crippen LogP contribution >= 0.6 is 0 Å². The van der Waals surface area contributed by atoms with E-state index in [-0.39, 0.29) is 5.92 Å². The summed E-state index contributed by atoms with van der Waals surface area (Å²) in [7, 11) is 0. The van der Waals surface area contributed by atoms with Crippen LogP contribution < -0.4 is 0 Å². The van der Waals surface area contributed by atoms with Crippen molar-refractivity contribution in [1.29, 1.82) is 0 Å². The minimum absolute atomic E-state index is 0.273. The van der Waals surface area contributed by atoms with Crippen LogP contribution in [-0.2, 0) is 0 Å². The van der Waals surface area contributed by atoms with Gasteiger partial charge in [0.15, 0.2) is 0 Å². The first-order valence-electron chi connectivity index (χ1n) is 3.41. The molecule has 2 heteroatoms. The second-order valence-electron chi connectivity index (χ2n) is 3.14. The standard InChI is InChI=1S/C7H12F2/c1-4(2)5-3-6(5)7(8)9/h4-7H,3H2,1-2H3/t5-,6-/m1/s1. The fraction of sp³-hybridized carbons (Fsp3) is 1.00. The van der Waals surface area contributed by atoms with Crippen molar-refractivity contribution in [3.8, 4) is 0 Å². The smallest absolute Gasteiger partial charge is 0.210 e. The van der Waals surface area contributed by atoms with Crippen LogP contribution in [0.25, 0.3) is 0 Å². The SMILES string of the molecule is CC(C)[C@H]1C[C@H]1C(F)F. The molecule has 54 valence electrons. The van der Waals surface area contributed by atoms with E-state index in [1.807, 2.05) is 13.8 Å². The van der Waals surface area contributed by atoms with Gasteiger partial charge in [0.1, 0.15) is 0 Å². The maximum absolute atomic E-state index is 11.8. The maximum atomic E-state index is 11.8. The summed E-state index contributed by atoms with van der Waals surface area (Å²) in [5.41, 5.74) is 0. The minimum Gasteiger partial charge on any atom is -0.210 e. The first-order valence-corrected chi connectivity index (χ1v) is 3.41. The second-order valence-corrected chi connectivity index (χ2v) is 3.14. The average molecular weight is 134 g/mol. The van der Waals surface area contributed by atoms with E-state index < -0.39 is 6.43 Å². The lowest BCUT2D eigenvalue weighted by Gasteiger charge is -2.00. The average Bonchev–Trinajstić information content (AvgIpc) is 2.39. The third-order valence-corrected chi connectivity index (χ3v) is 2.07. The molecule has 0 aromatic carbocycles. The van der Waals surface area contributed by atoms with Gasteiger partial charge in [0, 0.05) is 5.92 Å². The maximum Gasteiger partial charge on any atom is 0.241 e. The van der Waals surface area contributed by atoms with Gasteiger partial charge >= 0.3 is 0 Å². The van der Waals surface area contributed by atoms with E-state index in [1.54, 1.807) is 0 Å². The van der Waals surface area contributed by atoms with Crippen LogP contribution in [0.3, 0.4) is 0 Å². The monoisotopic (exact) mass is 134 g/mol. The topological polar surface area (TPSA) is 0 Å². The number of halogens is 2. The molecule has 0 heterocycles. The van der Waals surface area contributed by atoms with Crippen LogP contribution in [0, 0.1) is 17.8 Å². The van der Waals surface area contributed by atoms with Gasteiger partial charge < -0.3 is 0 Å². The Balaban J connectivity index is 2.24. The molecule has 0 bridgehead atoms. The van der Waals surface area contributed by atoms with Gasteiger partial charge in [-0.15, -0.1) is 0 Å². The van der Waals surface area contributed by atoms with Crippen molar-refractivity contribution in [2.75, 3.05) is 0 Å². The zero-order valence-corrected chi connectivity index (χ0v) is 5.77. The van der Waals surface area contributed by atoms with Crippen LogP contribution in [0.1, 0.15) is 20.3 Å². The summed E-state index contributed by atoms with van der Waals surface area (Å²) in [5.74, 6) is 0.485. The van der Waals surface area contributed by atoms with Gasteiger partial charge in [0.2, 0.25) is 6.43 Å². The van der Waals surface area contributed by atoms with Crippen molar-refractivity contribution in [3.05, 3.63) is 0 Å². The molecule has 2 atom stereocenters. The van der Waals surface area contributed by atoms with Crippen molar-refractivity contribution in [1.82, 2.24) is 0 Å². The van der Waals surface area contributed by atoms with Crippen LogP contribution in [-0.4, -0.2) is 6.43 Å². The molecular formula is C7H12F2. The molecule has 0 saturated heterocycles. The summed E-state index contributed by atoms with van der Waals surface area (Å²) in [5, 5.41) is 0. The highest BCUT2D eigenvalue weighted by molar-refractivity contribution is 4.89. The molecule has 0 nitrogen and oxygen atoms in total. The molecule has 1 rings (SSSR count). The van der Waals surface area contributed by atoms with Crippen molar-refractivity contribution >= 4 is 0 Å². The molecule has 1 aliphatic rings. The third-order valence-electron chi connectivity index (χ3n) is 2.07. The van der Waals surface area contributed by atoms with E-state index in [1.165, 1.54) is 0 Å². The summed E-state index contributed by atoms with van der Waals surface area (Å²) in [4.78, 5) is 0. The highest BCUT2D eigenvalue weighted by Crippen LogP contribution is 2.47. The fourth-order valence-electron chi connectivity index (χ4n) is 1.29. The summed E-state index contributed by atoms with van der Waals surface area (Å²) in [6.07, 6.45) is -1.33. The van der Waals surface area contributed by atoms with E-state index in [4.69, 9.17) is 0 Å². The number of hydrogen-bond acceptors (Lipinski definition) is 0. The lowest BCUT2D eigenvalue weighted by atomic mass is 10.1. The number of alkyl halides is 2. The molecule has 0 radical (unpaired) electrons. The quantitative estimate of drug-likeness (QED) is 0.544. The van der Waals surface area contributed by atoms with Gasteiger partial charge in [-0.2, -0.15) is 0 Å². The number of hydrogen-bond donors (Lipinski definition) is 0. The number of rotatable bonds is 2. The molecule has 0 spiro atoms. The van der Waals surface area contributed by atoms with Gasteiger partial charge in [-0.25, -0.2) is 8.78 Å². The predicted octanol–water partition coefficient (Wildman–Crippen LogP) is 2.54. The Morgan fingerprint density at radius 3 is 1.89 bits per heavy atom. The molecule has 1 fully saturated rings. The van der Waals surface area contributed by atoms with Gasteiger partial charge in [0.05, 0.1) is 0 Å². The fourth-order valence-corrected chi connectivity index (χ4v) is 1.29. The normalized spacial score (nSPS) is 34.0. The summed E-state index contributed by atoms with van der Waals surface area (Å²) >= 11 is 0. The van der Waals surface area contributed by atoms with E-state index in [9.17, 15) is 8.78 Å². The predicted molar refractivity (Wildman–Crippen MR) is 32.4 cm³/mol. The molecule has 0 N–H and O–H groups in total. The van der Waals surface area contributed by atoms with Crippen LogP contribution in [0.5, 0.6) is 0 Å². The Morgan fingerprint density at radius 1 is 1.22 bits per heavy atom. The van der Waals surface area contributed by atoms with Gasteiger partial charge in [-0.1, -0.05) is 13.8 Å². The first kappa shape index (κ1) is 6.97. The highest BCUT2D eigenvalue weighted by Gasteiger charge is 2.45. The molecule has 0 amide bonds. The van der Waals surface area contributed by atoms with E-state index in [2.05, 4.69) is 0 Å². The Hall–Kier alpha value is -0.140. The lowest BCUT2D eigenvalue weighted by molar-refractivity contribution is 0.112. The highest BCUT2D eigenvalue weighted by atomic mass is 19.3. The Morgan fingerprint density at radius 2 is 1.78 bits per heavy atom. The summed E-state index contributed by atoms with van der Waals surface area (Å²) in [6, 6.07) is 0. The zero-order valence-electron chi connectivity index (χ0n) is 5.77. The lowest BCUT2D eigenvalue weighted by Crippen LogP contribution is -1.99. The van der Waals surface area contributed by atoms with E-state index in [0.717, 1.165) is 6.42 Å². The van der Waals surface area contributed by atoms with E-state index in [0.29, 0.717) is 11.8 Å². The van der Waals surface area contributed by atoms with Crippen LogP contribution in [0.15, 0.2) is 0 Å². The Labute approximate surface area is 54.3 Å². The van der Waals surface area contributed by atoms with Gasteiger partial charge in [0.25, 0.3) is 0 Å². The molecule has 9 heavy (non-hydrogen) atoms. The molecule has 1 saturated carbocycles. The molecule has 0 unspecified atom stereocenters. The van der Waals surface area contributed by atoms with Crippen molar-refractivity contribution in [2.45, 2.75) is 26.7 Å². The van der Waals surface area contributed by atoms with Gasteiger partial charge in [-0.05, 0) is 18.3 Å². The first-order chi connectivity index (χ1) is 4.13. The van der Waals surface area contributed by atoms with Crippen molar-refractivity contribution in [2.24, 2.45) is 17.8 Å². The molecule has 1 aliphatic carbocycles. The van der Waals surface area contributed by atoms with Crippen molar-refractivity contribution in [3.63, 3.8) is 0 Å². The van der Waals surface area contributed by atoms with E-state index >= 15 is 0 Å². The minimum atomic E-state index is -2.07. The Bertz CT molecular complexity index is 87.1. The molecule has 0 aliphatic heterocycles. The molecule has 0 aromatic heterocycles. The molecule has 0 aromatic rings. The largest absolute Gasteiger partial charge is 0.241 e. The molecular weight excluding hydrogens is 122 g/mol. The summed E-state index contributed by atoms with van der Waals surface area (Å²) in [6.45, 7) is 4.01. The van der Waals surface area contributed by atoms with Crippen molar-refractivity contribution < 1.29 is 8.78 Å². The van der Waals surface area contributed by atoms with Crippen LogP contribution in [0.4, 0.5) is 8.78 Å². The Kier molecular flexibility index (Phi) is 1.73. The zero-order chi connectivity index (χ0) is 7.02.